The number of benzene rings is 2. The maximum Gasteiger partial charge on any atom is 0.104 e. The Bertz CT molecular complexity index is 479. The highest BCUT2D eigenvalue weighted by molar-refractivity contribution is 6.30. The molecule has 0 aliphatic heterocycles. The fourth-order valence-corrected chi connectivity index (χ4v) is 1.80. The highest BCUT2D eigenvalue weighted by atomic mass is 35.5. The van der Waals surface area contributed by atoms with E-state index in [0.717, 1.165) is 16.7 Å². The van der Waals surface area contributed by atoms with Crippen molar-refractivity contribution in [3.05, 3.63) is 70.2 Å². The van der Waals surface area contributed by atoms with Crippen LogP contribution in [0.1, 0.15) is 22.8 Å². The molecule has 2 aromatic carbocycles. The van der Waals surface area contributed by atoms with Gasteiger partial charge in [-0.15, -0.1) is 0 Å². The molecule has 2 nitrogen and oxygen atoms in total. The zero-order valence-electron chi connectivity index (χ0n) is 9.31. The lowest BCUT2D eigenvalue weighted by atomic mass is 10.0. The van der Waals surface area contributed by atoms with E-state index in [1.807, 2.05) is 36.4 Å². The molecule has 0 aromatic heterocycles. The van der Waals surface area contributed by atoms with Crippen LogP contribution in [0.4, 0.5) is 0 Å². The third-order valence-corrected chi connectivity index (χ3v) is 2.97. The molecular formula is C14H14ClNO. The van der Waals surface area contributed by atoms with Gasteiger partial charge in [0.25, 0.3) is 0 Å². The molecule has 3 heteroatoms. The Kier molecular flexibility index (Phi) is 3.79. The molecule has 1 atom stereocenters. The number of rotatable bonds is 3. The lowest BCUT2D eigenvalue weighted by Gasteiger charge is -2.12. The second-order valence-electron chi connectivity index (χ2n) is 3.90. The average molecular weight is 248 g/mol. The first-order valence-electron chi connectivity index (χ1n) is 5.43. The second-order valence-corrected chi connectivity index (χ2v) is 4.34. The molecule has 3 N–H and O–H groups in total. The average Bonchev–Trinajstić information content (AvgIpc) is 2.39. The van der Waals surface area contributed by atoms with Gasteiger partial charge in [0.2, 0.25) is 0 Å². The van der Waals surface area contributed by atoms with Crippen molar-refractivity contribution in [1.82, 2.24) is 0 Å². The molecule has 0 amide bonds. The predicted octanol–water partition coefficient (Wildman–Crippen LogP) is 2.88. The minimum atomic E-state index is -0.626. The van der Waals surface area contributed by atoms with Gasteiger partial charge < -0.3 is 10.8 Å². The van der Waals surface area contributed by atoms with Crippen molar-refractivity contribution >= 4 is 11.6 Å². The van der Waals surface area contributed by atoms with Crippen LogP contribution in [0.25, 0.3) is 0 Å². The van der Waals surface area contributed by atoms with Gasteiger partial charge in [-0.3, -0.25) is 0 Å². The minimum Gasteiger partial charge on any atom is -0.384 e. The fraction of sp³-hybridized carbons (Fsp3) is 0.143. The normalized spacial score (nSPS) is 12.4. The van der Waals surface area contributed by atoms with Gasteiger partial charge in [0.05, 0.1) is 0 Å². The van der Waals surface area contributed by atoms with Crippen LogP contribution in [-0.4, -0.2) is 5.11 Å². The topological polar surface area (TPSA) is 46.2 Å². The number of nitrogens with two attached hydrogens (primary N) is 1. The maximum atomic E-state index is 10.2. The molecule has 17 heavy (non-hydrogen) atoms. The second kappa shape index (κ2) is 5.32. The van der Waals surface area contributed by atoms with E-state index in [-0.39, 0.29) is 0 Å². The number of halogens is 1. The van der Waals surface area contributed by atoms with Crippen molar-refractivity contribution in [1.29, 1.82) is 0 Å². The van der Waals surface area contributed by atoms with Gasteiger partial charge in [0.15, 0.2) is 0 Å². The highest BCUT2D eigenvalue weighted by Gasteiger charge is 2.09. The van der Waals surface area contributed by atoms with Crippen molar-refractivity contribution in [3.63, 3.8) is 0 Å². The molecule has 0 saturated carbocycles. The van der Waals surface area contributed by atoms with Crippen LogP contribution in [0.2, 0.25) is 5.02 Å². The van der Waals surface area contributed by atoms with Gasteiger partial charge in [-0.25, -0.2) is 0 Å². The minimum absolute atomic E-state index is 0.511. The lowest BCUT2D eigenvalue weighted by molar-refractivity contribution is 0.220. The van der Waals surface area contributed by atoms with Crippen molar-refractivity contribution < 1.29 is 5.11 Å². The van der Waals surface area contributed by atoms with Crippen molar-refractivity contribution in [3.8, 4) is 0 Å². The van der Waals surface area contributed by atoms with Crippen LogP contribution in [0.3, 0.4) is 0 Å². The van der Waals surface area contributed by atoms with E-state index < -0.39 is 6.10 Å². The smallest absolute Gasteiger partial charge is 0.104 e. The van der Waals surface area contributed by atoms with E-state index in [2.05, 4.69) is 0 Å². The number of hydrogen-bond acceptors (Lipinski definition) is 2. The summed E-state index contributed by atoms with van der Waals surface area (Å²) in [7, 11) is 0. The summed E-state index contributed by atoms with van der Waals surface area (Å²) in [4.78, 5) is 0. The molecule has 0 spiro atoms. The Morgan fingerprint density at radius 1 is 0.941 bits per heavy atom. The van der Waals surface area contributed by atoms with E-state index in [0.29, 0.717) is 11.6 Å². The van der Waals surface area contributed by atoms with Gasteiger partial charge in [0, 0.05) is 11.6 Å². The molecule has 0 bridgehead atoms. The van der Waals surface area contributed by atoms with Crippen LogP contribution in [-0.2, 0) is 6.54 Å². The molecular weight excluding hydrogens is 234 g/mol. The van der Waals surface area contributed by atoms with Crippen molar-refractivity contribution in [2.45, 2.75) is 12.6 Å². The Morgan fingerprint density at radius 3 is 1.88 bits per heavy atom. The van der Waals surface area contributed by atoms with Crippen LogP contribution in [0, 0.1) is 0 Å². The van der Waals surface area contributed by atoms with Gasteiger partial charge >= 0.3 is 0 Å². The number of aliphatic hydroxyl groups excluding tert-OH is 1. The van der Waals surface area contributed by atoms with E-state index in [1.54, 1.807) is 12.1 Å². The number of hydrogen-bond donors (Lipinski definition) is 2. The molecule has 0 fully saturated rings. The predicted molar refractivity (Wildman–Crippen MR) is 69.8 cm³/mol. The molecule has 2 rings (SSSR count). The van der Waals surface area contributed by atoms with Gasteiger partial charge in [-0.05, 0) is 28.8 Å². The molecule has 0 unspecified atom stereocenters. The zero-order chi connectivity index (χ0) is 12.3. The first-order chi connectivity index (χ1) is 8.20. The first-order valence-corrected chi connectivity index (χ1v) is 5.81. The van der Waals surface area contributed by atoms with Crippen molar-refractivity contribution in [2.75, 3.05) is 0 Å². The lowest BCUT2D eigenvalue weighted by Crippen LogP contribution is -2.01. The Labute approximate surface area is 106 Å². The van der Waals surface area contributed by atoms with Crippen molar-refractivity contribution in [2.24, 2.45) is 5.73 Å². The van der Waals surface area contributed by atoms with Crippen LogP contribution in [0.5, 0.6) is 0 Å². The summed E-state index contributed by atoms with van der Waals surface area (Å²) < 4.78 is 0. The molecule has 0 heterocycles. The quantitative estimate of drug-likeness (QED) is 0.876. The monoisotopic (exact) mass is 247 g/mol. The summed E-state index contributed by atoms with van der Waals surface area (Å²) in [5.41, 5.74) is 8.26. The van der Waals surface area contributed by atoms with E-state index in [9.17, 15) is 5.11 Å². The summed E-state index contributed by atoms with van der Waals surface area (Å²) in [6.07, 6.45) is -0.626. The molecule has 88 valence electrons. The Hall–Kier alpha value is -1.35. The summed E-state index contributed by atoms with van der Waals surface area (Å²) in [5.74, 6) is 0. The Balaban J connectivity index is 2.23. The highest BCUT2D eigenvalue weighted by Crippen LogP contribution is 2.23. The van der Waals surface area contributed by atoms with Crippen LogP contribution in [0.15, 0.2) is 48.5 Å². The third-order valence-electron chi connectivity index (χ3n) is 2.72. The fourth-order valence-electron chi connectivity index (χ4n) is 1.67. The summed E-state index contributed by atoms with van der Waals surface area (Å²) in [6.45, 7) is 0.511. The largest absolute Gasteiger partial charge is 0.384 e. The summed E-state index contributed by atoms with van der Waals surface area (Å²) in [6, 6.07) is 14.8. The first kappa shape index (κ1) is 12.1. The maximum absolute atomic E-state index is 10.2. The molecule has 0 saturated heterocycles. The van der Waals surface area contributed by atoms with Gasteiger partial charge in [-0.2, -0.15) is 0 Å². The van der Waals surface area contributed by atoms with E-state index in [4.69, 9.17) is 17.3 Å². The molecule has 0 aliphatic carbocycles. The van der Waals surface area contributed by atoms with Crippen LogP contribution >= 0.6 is 11.6 Å². The number of aliphatic hydroxyl groups is 1. The summed E-state index contributed by atoms with van der Waals surface area (Å²) in [5, 5.41) is 10.8. The van der Waals surface area contributed by atoms with E-state index in [1.165, 1.54) is 0 Å². The van der Waals surface area contributed by atoms with Crippen LogP contribution < -0.4 is 5.73 Å². The molecule has 0 radical (unpaired) electrons. The third kappa shape index (κ3) is 2.86. The van der Waals surface area contributed by atoms with Gasteiger partial charge in [0.1, 0.15) is 6.10 Å². The zero-order valence-corrected chi connectivity index (χ0v) is 10.1. The summed E-state index contributed by atoms with van der Waals surface area (Å²) >= 11 is 5.81. The molecule has 2 aromatic rings. The SMILES string of the molecule is NCc1ccc([C@@H](O)c2ccc(Cl)cc2)cc1. The van der Waals surface area contributed by atoms with E-state index >= 15 is 0 Å². The Morgan fingerprint density at radius 2 is 1.41 bits per heavy atom. The molecule has 0 aliphatic rings. The standard InChI is InChI=1S/C14H14ClNO/c15-13-7-5-12(6-8-13)14(17)11-3-1-10(9-16)2-4-11/h1-8,14,17H,9,16H2/t14-/m1/s1. The van der Waals surface area contributed by atoms with Gasteiger partial charge in [-0.1, -0.05) is 48.0 Å².